The molecule has 1 atom stereocenters. The minimum absolute atomic E-state index is 0.0805. The molecule has 0 radical (unpaired) electrons. The van der Waals surface area contributed by atoms with Gasteiger partial charge in [-0.3, -0.25) is 14.1 Å². The summed E-state index contributed by atoms with van der Waals surface area (Å²) in [6, 6.07) is 21.8. The average molecular weight is 657 g/mol. The zero-order valence-electron chi connectivity index (χ0n) is 25.4. The molecule has 0 saturated carbocycles. The van der Waals surface area contributed by atoms with Crippen LogP contribution in [0.3, 0.4) is 0 Å². The minimum atomic E-state index is -4.03. The van der Waals surface area contributed by atoms with Gasteiger partial charge in [0, 0.05) is 52.9 Å². The van der Waals surface area contributed by atoms with E-state index in [1.54, 1.807) is 36.5 Å². The smallest absolute Gasteiger partial charge is 0.261 e. The molecule has 1 unspecified atom stereocenters. The zero-order chi connectivity index (χ0) is 32.0. The first kappa shape index (κ1) is 30.2. The fourth-order valence-electron chi connectivity index (χ4n) is 6.07. The molecule has 1 saturated heterocycles. The van der Waals surface area contributed by atoms with Gasteiger partial charge in [-0.2, -0.15) is 4.98 Å². The van der Waals surface area contributed by atoms with Crippen LogP contribution in [0.4, 0.5) is 17.3 Å². The number of fused-ring (bicyclic) bond motifs is 2. The first-order valence-corrected chi connectivity index (χ1v) is 17.1. The van der Waals surface area contributed by atoms with Gasteiger partial charge in [-0.1, -0.05) is 41.9 Å². The number of piperidine rings is 1. The third kappa shape index (κ3) is 5.93. The van der Waals surface area contributed by atoms with Gasteiger partial charge in [0.15, 0.2) is 5.37 Å². The van der Waals surface area contributed by atoms with Crippen LogP contribution in [0.1, 0.15) is 29.3 Å². The van der Waals surface area contributed by atoms with Gasteiger partial charge in [0.2, 0.25) is 5.95 Å². The largest absolute Gasteiger partial charge is 0.490 e. The fraction of sp³-hybridized carbons (Fsp3) is 0.265. The van der Waals surface area contributed by atoms with Crippen LogP contribution < -0.4 is 20.3 Å². The summed E-state index contributed by atoms with van der Waals surface area (Å²) < 4.78 is 37.5. The Bertz CT molecular complexity index is 2110. The van der Waals surface area contributed by atoms with Crippen LogP contribution in [0.15, 0.2) is 83.8 Å². The van der Waals surface area contributed by atoms with Crippen molar-refractivity contribution in [1.29, 1.82) is 0 Å². The van der Waals surface area contributed by atoms with Crippen molar-refractivity contribution < 1.29 is 13.2 Å². The molecule has 1 fully saturated rings. The van der Waals surface area contributed by atoms with E-state index in [1.807, 2.05) is 49.4 Å². The van der Waals surface area contributed by atoms with Crippen LogP contribution in [-0.4, -0.2) is 54.1 Å². The average Bonchev–Trinajstić information content (AvgIpc) is 3.03. The Labute approximate surface area is 272 Å². The number of halogens is 1. The Balaban J connectivity index is 1.28. The van der Waals surface area contributed by atoms with Gasteiger partial charge >= 0.3 is 0 Å². The molecule has 0 aliphatic carbocycles. The van der Waals surface area contributed by atoms with Crippen molar-refractivity contribution in [2.45, 2.75) is 37.7 Å². The predicted molar refractivity (Wildman–Crippen MR) is 182 cm³/mol. The number of ether oxygens (including phenoxy) is 1. The number of para-hydroxylation sites is 1. The monoisotopic (exact) mass is 656 g/mol. The highest BCUT2D eigenvalue weighted by molar-refractivity contribution is 7.92. The summed E-state index contributed by atoms with van der Waals surface area (Å²) in [5.74, 6) is 0.998. The number of aromatic nitrogens is 3. The quantitative estimate of drug-likeness (QED) is 0.224. The molecule has 2 aliphatic heterocycles. The molecule has 5 aromatic rings. The number of sulfonamides is 1. The van der Waals surface area contributed by atoms with Crippen LogP contribution >= 0.6 is 11.6 Å². The van der Waals surface area contributed by atoms with E-state index in [0.717, 1.165) is 42.8 Å². The van der Waals surface area contributed by atoms with Gasteiger partial charge in [-0.15, -0.1) is 0 Å². The minimum Gasteiger partial charge on any atom is -0.490 e. The first-order chi connectivity index (χ1) is 22.1. The molecule has 7 rings (SSSR count). The van der Waals surface area contributed by atoms with Gasteiger partial charge in [0.05, 0.1) is 5.69 Å². The van der Waals surface area contributed by atoms with Crippen LogP contribution in [0.25, 0.3) is 22.2 Å². The highest BCUT2D eigenvalue weighted by Crippen LogP contribution is 2.35. The lowest BCUT2D eigenvalue weighted by molar-refractivity contribution is 0.114. The summed E-state index contributed by atoms with van der Waals surface area (Å²) in [6.07, 6.45) is 3.82. The molecule has 0 amide bonds. The summed E-state index contributed by atoms with van der Waals surface area (Å²) in [4.78, 5) is 25.8. The molecular weight excluding hydrogens is 624 g/mol. The van der Waals surface area contributed by atoms with Crippen molar-refractivity contribution in [3.05, 3.63) is 105 Å². The van der Waals surface area contributed by atoms with E-state index in [-0.39, 0.29) is 29.7 Å². The van der Waals surface area contributed by atoms with Crippen LogP contribution in [-0.2, 0) is 16.4 Å². The van der Waals surface area contributed by atoms with E-state index in [4.69, 9.17) is 21.3 Å². The Morgan fingerprint density at radius 1 is 1.00 bits per heavy atom. The topological polar surface area (TPSA) is 118 Å². The standard InChI is InChI=1S/C34H33ClN6O4S/c1-21-7-12-27(29(35)17-21)28-18-23-20-36-34(37-24-8-10-25(11-9-24)45-26-13-15-40(2)16-14-26)38-32(23)41(33(28)42)31-19-22-5-3-4-6-30(22)39-46(31,43)44/h3-12,17-18,20,26,31,39H,13-16,19H2,1-2H3,(H,36,37,38). The first-order valence-electron chi connectivity index (χ1n) is 15.2. The summed E-state index contributed by atoms with van der Waals surface area (Å²) in [7, 11) is -1.91. The molecule has 2 N–H and O–H groups in total. The van der Waals surface area contributed by atoms with Crippen molar-refractivity contribution in [3.8, 4) is 16.9 Å². The highest BCUT2D eigenvalue weighted by atomic mass is 35.5. The SMILES string of the molecule is Cc1ccc(-c2cc3cnc(Nc4ccc(OC5CCN(C)CC5)cc4)nc3n(C3Cc4ccccc4NS3(=O)=O)c2=O)c(Cl)c1. The number of aryl methyl sites for hydroxylation is 1. The van der Waals surface area contributed by atoms with Crippen molar-refractivity contribution in [2.75, 3.05) is 30.2 Å². The predicted octanol–water partition coefficient (Wildman–Crippen LogP) is 6.13. The second-order valence-electron chi connectivity index (χ2n) is 11.9. The van der Waals surface area contributed by atoms with Gasteiger partial charge in [0.25, 0.3) is 15.6 Å². The molecule has 236 valence electrons. The number of pyridine rings is 1. The van der Waals surface area contributed by atoms with Gasteiger partial charge < -0.3 is 15.0 Å². The van der Waals surface area contributed by atoms with E-state index in [2.05, 4.69) is 27.0 Å². The lowest BCUT2D eigenvalue weighted by Gasteiger charge is -2.29. The molecule has 2 aromatic heterocycles. The highest BCUT2D eigenvalue weighted by Gasteiger charge is 2.36. The summed E-state index contributed by atoms with van der Waals surface area (Å²) in [5, 5.41) is 2.81. The number of benzene rings is 3. The van der Waals surface area contributed by atoms with E-state index in [9.17, 15) is 13.2 Å². The third-order valence-electron chi connectivity index (χ3n) is 8.58. The Morgan fingerprint density at radius 2 is 1.76 bits per heavy atom. The van der Waals surface area contributed by atoms with Crippen molar-refractivity contribution in [2.24, 2.45) is 0 Å². The number of hydrogen-bond acceptors (Lipinski definition) is 8. The number of nitrogens with one attached hydrogen (secondary N) is 2. The molecule has 0 spiro atoms. The summed E-state index contributed by atoms with van der Waals surface area (Å²) in [5.41, 5.74) is 3.35. The van der Waals surface area contributed by atoms with Crippen LogP contribution in [0.5, 0.6) is 5.75 Å². The fourth-order valence-corrected chi connectivity index (χ4v) is 7.92. The van der Waals surface area contributed by atoms with E-state index < -0.39 is 21.0 Å². The molecule has 46 heavy (non-hydrogen) atoms. The van der Waals surface area contributed by atoms with Crippen molar-refractivity contribution in [3.63, 3.8) is 0 Å². The maximum Gasteiger partial charge on any atom is 0.261 e. The molecule has 0 bridgehead atoms. The second-order valence-corrected chi connectivity index (χ2v) is 14.2. The van der Waals surface area contributed by atoms with Crippen molar-refractivity contribution >= 4 is 50.0 Å². The lowest BCUT2D eigenvalue weighted by atomic mass is 10.0. The molecular formula is C34H33ClN6O4S. The van der Waals surface area contributed by atoms with E-state index >= 15 is 0 Å². The van der Waals surface area contributed by atoms with Crippen LogP contribution in [0, 0.1) is 6.92 Å². The molecule has 10 nitrogen and oxygen atoms in total. The number of rotatable bonds is 6. The Kier molecular flexibility index (Phi) is 7.92. The van der Waals surface area contributed by atoms with Gasteiger partial charge in [0.1, 0.15) is 17.5 Å². The van der Waals surface area contributed by atoms with Gasteiger partial charge in [-0.25, -0.2) is 13.4 Å². The normalized spacial score (nSPS) is 18.1. The van der Waals surface area contributed by atoms with E-state index in [1.165, 1.54) is 4.57 Å². The van der Waals surface area contributed by atoms with E-state index in [0.29, 0.717) is 27.3 Å². The number of anilines is 3. The zero-order valence-corrected chi connectivity index (χ0v) is 27.0. The molecule has 3 aromatic carbocycles. The number of hydrogen-bond donors (Lipinski definition) is 2. The second kappa shape index (κ2) is 12.1. The number of likely N-dealkylation sites (tertiary alicyclic amines) is 1. The van der Waals surface area contributed by atoms with Crippen molar-refractivity contribution in [1.82, 2.24) is 19.4 Å². The summed E-state index contributed by atoms with van der Waals surface area (Å²) in [6.45, 7) is 3.93. The maximum absolute atomic E-state index is 14.3. The maximum atomic E-state index is 14.3. The third-order valence-corrected chi connectivity index (χ3v) is 10.5. The molecule has 12 heteroatoms. The number of nitrogens with zero attached hydrogens (tertiary/aromatic N) is 4. The van der Waals surface area contributed by atoms with Gasteiger partial charge in [-0.05, 0) is 80.4 Å². The Hall–Kier alpha value is -4.45. The Morgan fingerprint density at radius 3 is 2.52 bits per heavy atom. The molecule has 2 aliphatic rings. The van der Waals surface area contributed by atoms with Crippen LogP contribution in [0.2, 0.25) is 5.02 Å². The lowest BCUT2D eigenvalue weighted by Crippen LogP contribution is -2.38. The molecule has 4 heterocycles. The summed E-state index contributed by atoms with van der Waals surface area (Å²) >= 11 is 6.60.